The Morgan fingerprint density at radius 1 is 1.04 bits per heavy atom. The third-order valence-corrected chi connectivity index (χ3v) is 8.58. The number of esters is 1. The van der Waals surface area contributed by atoms with Crippen molar-refractivity contribution >= 4 is 29.4 Å². The molecule has 0 N–H and O–H groups in total. The SMILES string of the molecule is CCC(C(=O)Cc1ccc(C(=O)OCCC2CCN(C(=O)OC(C)(C)C)CC2)cc1)n1cc(OC)c(-c2cc(Cl)ccc2C#N)cc1=O. The number of halogens is 1. The van der Waals surface area contributed by atoms with Crippen molar-refractivity contribution < 1.29 is 28.6 Å². The number of hydrogen-bond acceptors (Lipinski definition) is 8. The maximum absolute atomic E-state index is 13.4. The topological polar surface area (TPSA) is 128 Å². The Hall–Kier alpha value is -4.62. The summed E-state index contributed by atoms with van der Waals surface area (Å²) in [4.78, 5) is 53.4. The van der Waals surface area contributed by atoms with Gasteiger partial charge in [0.05, 0.1) is 43.2 Å². The Morgan fingerprint density at radius 2 is 1.73 bits per heavy atom. The van der Waals surface area contributed by atoms with Crippen LogP contribution in [0.15, 0.2) is 59.5 Å². The third-order valence-electron chi connectivity index (χ3n) is 8.34. The minimum absolute atomic E-state index is 0.0548. The molecule has 2 heterocycles. The lowest BCUT2D eigenvalue weighted by atomic mass is 9.94. The zero-order valence-electron chi connectivity index (χ0n) is 28.1. The quantitative estimate of drug-likeness (QED) is 0.199. The summed E-state index contributed by atoms with van der Waals surface area (Å²) >= 11 is 6.17. The maximum atomic E-state index is 13.4. The van der Waals surface area contributed by atoms with Crippen molar-refractivity contribution in [2.75, 3.05) is 26.8 Å². The van der Waals surface area contributed by atoms with E-state index in [1.165, 1.54) is 23.9 Å². The van der Waals surface area contributed by atoms with Gasteiger partial charge in [-0.2, -0.15) is 5.26 Å². The van der Waals surface area contributed by atoms with E-state index in [9.17, 15) is 24.4 Å². The molecule has 0 saturated carbocycles. The summed E-state index contributed by atoms with van der Waals surface area (Å²) in [5.74, 6) is 0.0621. The Balaban J connectivity index is 1.33. The first-order chi connectivity index (χ1) is 22.8. The van der Waals surface area contributed by atoms with Crippen LogP contribution in [-0.2, 0) is 20.7 Å². The summed E-state index contributed by atoms with van der Waals surface area (Å²) in [6, 6.07) is 14.2. The fourth-order valence-corrected chi connectivity index (χ4v) is 5.94. The van der Waals surface area contributed by atoms with Crippen LogP contribution in [0, 0.1) is 17.2 Å². The maximum Gasteiger partial charge on any atom is 0.410 e. The van der Waals surface area contributed by atoms with Crippen LogP contribution < -0.4 is 10.3 Å². The first kappa shape index (κ1) is 36.2. The number of hydrogen-bond donors (Lipinski definition) is 0. The number of ketones is 1. The highest BCUT2D eigenvalue weighted by molar-refractivity contribution is 6.31. The number of nitrogens with zero attached hydrogens (tertiary/aromatic N) is 3. The van der Waals surface area contributed by atoms with Crippen LogP contribution in [0.5, 0.6) is 5.75 Å². The molecule has 0 aliphatic carbocycles. The van der Waals surface area contributed by atoms with Gasteiger partial charge in [0.1, 0.15) is 11.4 Å². The van der Waals surface area contributed by atoms with Gasteiger partial charge in [-0.1, -0.05) is 30.7 Å². The highest BCUT2D eigenvalue weighted by Crippen LogP contribution is 2.33. The summed E-state index contributed by atoms with van der Waals surface area (Å²) in [5, 5.41) is 9.98. The number of benzene rings is 2. The van der Waals surface area contributed by atoms with Crippen LogP contribution >= 0.6 is 11.6 Å². The van der Waals surface area contributed by atoms with Crippen molar-refractivity contribution in [3.05, 3.63) is 86.8 Å². The summed E-state index contributed by atoms with van der Waals surface area (Å²) in [7, 11) is 1.46. The van der Waals surface area contributed by atoms with Gasteiger partial charge in [0.25, 0.3) is 5.56 Å². The van der Waals surface area contributed by atoms with Crippen LogP contribution in [0.2, 0.25) is 5.02 Å². The molecule has 0 spiro atoms. The van der Waals surface area contributed by atoms with Crippen molar-refractivity contribution in [2.45, 2.75) is 71.4 Å². The van der Waals surface area contributed by atoms with Gasteiger partial charge in [0.2, 0.25) is 0 Å². The molecule has 1 amide bonds. The van der Waals surface area contributed by atoms with E-state index in [0.717, 1.165) is 12.8 Å². The lowest BCUT2D eigenvalue weighted by Crippen LogP contribution is -2.41. The molecular weight excluding hydrogens is 634 g/mol. The molecule has 1 saturated heterocycles. The molecule has 1 aliphatic heterocycles. The van der Waals surface area contributed by atoms with Gasteiger partial charge in [-0.3, -0.25) is 9.59 Å². The molecule has 48 heavy (non-hydrogen) atoms. The van der Waals surface area contributed by atoms with E-state index < -0.39 is 23.2 Å². The number of piperidine rings is 1. The largest absolute Gasteiger partial charge is 0.495 e. The van der Waals surface area contributed by atoms with Crippen LogP contribution in [0.3, 0.4) is 0 Å². The van der Waals surface area contributed by atoms with Crippen LogP contribution in [0.25, 0.3) is 11.1 Å². The average Bonchev–Trinajstić information content (AvgIpc) is 3.05. The number of carbonyl (C=O) groups excluding carboxylic acids is 3. The molecule has 254 valence electrons. The smallest absolute Gasteiger partial charge is 0.410 e. The fourth-order valence-electron chi connectivity index (χ4n) is 5.77. The number of Topliss-reactive ketones (excluding diaryl/α,β-unsaturated/α-hetero) is 1. The van der Waals surface area contributed by atoms with Crippen molar-refractivity contribution in [3.63, 3.8) is 0 Å². The molecule has 0 bridgehead atoms. The number of rotatable bonds is 11. The Labute approximate surface area is 286 Å². The lowest BCUT2D eigenvalue weighted by molar-refractivity contribution is -0.121. The van der Waals surface area contributed by atoms with Gasteiger partial charge in [0.15, 0.2) is 5.78 Å². The Morgan fingerprint density at radius 3 is 2.33 bits per heavy atom. The van der Waals surface area contributed by atoms with Gasteiger partial charge >= 0.3 is 12.1 Å². The number of ether oxygens (including phenoxy) is 3. The van der Waals surface area contributed by atoms with E-state index in [0.29, 0.717) is 70.4 Å². The molecule has 11 heteroatoms. The van der Waals surface area contributed by atoms with Crippen molar-refractivity contribution in [1.29, 1.82) is 5.26 Å². The summed E-state index contributed by atoms with van der Waals surface area (Å²) in [6.45, 7) is 8.88. The molecule has 10 nitrogen and oxygen atoms in total. The van der Waals surface area contributed by atoms with E-state index in [1.54, 1.807) is 47.4 Å². The lowest BCUT2D eigenvalue weighted by Gasteiger charge is -2.33. The first-order valence-electron chi connectivity index (χ1n) is 16.1. The monoisotopic (exact) mass is 675 g/mol. The number of nitriles is 1. The molecule has 0 radical (unpaired) electrons. The molecule has 1 fully saturated rings. The van der Waals surface area contributed by atoms with E-state index in [4.69, 9.17) is 25.8 Å². The number of methoxy groups -OCH3 is 1. The number of likely N-dealkylation sites (tertiary alicyclic amines) is 1. The fraction of sp³-hybridized carbons (Fsp3) is 0.432. The second kappa shape index (κ2) is 16.0. The van der Waals surface area contributed by atoms with Crippen LogP contribution in [-0.4, -0.2) is 59.7 Å². The highest BCUT2D eigenvalue weighted by atomic mass is 35.5. The molecule has 1 unspecified atom stereocenters. The van der Waals surface area contributed by atoms with Crippen molar-refractivity contribution in [2.24, 2.45) is 5.92 Å². The number of aromatic nitrogens is 1. The van der Waals surface area contributed by atoms with E-state index in [2.05, 4.69) is 6.07 Å². The zero-order chi connectivity index (χ0) is 35.0. The van der Waals surface area contributed by atoms with Crippen LogP contribution in [0.4, 0.5) is 4.79 Å². The number of amides is 1. The standard InChI is InChI=1S/C37H42ClN3O7/c1-6-31(41-23-33(46-5)30(21-34(41)43)29-20-28(38)12-11-27(29)22-39)32(42)19-25-7-9-26(10-8-25)35(44)47-18-15-24-13-16-40(17-14-24)36(45)48-37(2,3)4/h7-12,20-21,23-24,31H,6,13-19H2,1-5H3. The third kappa shape index (κ3) is 9.26. The molecule has 1 aromatic heterocycles. The van der Waals surface area contributed by atoms with Crippen molar-refractivity contribution in [3.8, 4) is 22.9 Å². The van der Waals surface area contributed by atoms with E-state index in [1.807, 2.05) is 27.7 Å². The van der Waals surface area contributed by atoms with Crippen LogP contribution in [0.1, 0.15) is 80.9 Å². The molecule has 3 aromatic rings. The molecular formula is C37H42ClN3O7. The molecule has 4 rings (SSSR count). The Kier molecular flexibility index (Phi) is 12.1. The number of carbonyl (C=O) groups is 3. The minimum Gasteiger partial charge on any atom is -0.495 e. The van der Waals surface area contributed by atoms with E-state index >= 15 is 0 Å². The second-order valence-electron chi connectivity index (χ2n) is 12.9. The second-order valence-corrected chi connectivity index (χ2v) is 13.3. The minimum atomic E-state index is -0.754. The van der Waals surface area contributed by atoms with Gasteiger partial charge < -0.3 is 23.7 Å². The predicted molar refractivity (Wildman–Crippen MR) is 182 cm³/mol. The van der Waals surface area contributed by atoms with E-state index in [-0.39, 0.29) is 24.9 Å². The number of pyridine rings is 1. The Bertz CT molecular complexity index is 1730. The van der Waals surface area contributed by atoms with Gasteiger partial charge in [-0.15, -0.1) is 0 Å². The van der Waals surface area contributed by atoms with Gasteiger partial charge in [0, 0.05) is 41.7 Å². The molecule has 1 aliphatic rings. The predicted octanol–water partition coefficient (Wildman–Crippen LogP) is 7.01. The summed E-state index contributed by atoms with van der Waals surface area (Å²) < 4.78 is 17.9. The zero-order valence-corrected chi connectivity index (χ0v) is 28.8. The van der Waals surface area contributed by atoms with Gasteiger partial charge in [-0.25, -0.2) is 9.59 Å². The van der Waals surface area contributed by atoms with Gasteiger partial charge in [-0.05, 0) is 88.3 Å². The average molecular weight is 676 g/mol. The first-order valence-corrected chi connectivity index (χ1v) is 16.5. The molecule has 2 aromatic carbocycles. The summed E-state index contributed by atoms with van der Waals surface area (Å²) in [6.07, 6.45) is 3.98. The highest BCUT2D eigenvalue weighted by Gasteiger charge is 2.27. The summed E-state index contributed by atoms with van der Waals surface area (Å²) in [5.41, 5.74) is 1.34. The molecule has 1 atom stereocenters. The van der Waals surface area contributed by atoms with Crippen molar-refractivity contribution in [1.82, 2.24) is 9.47 Å². The normalized spacial score (nSPS) is 14.1.